The van der Waals surface area contributed by atoms with Crippen LogP contribution in [0.1, 0.15) is 23.1 Å². The Morgan fingerprint density at radius 3 is 2.57 bits per heavy atom. The first kappa shape index (κ1) is 13.5. The molecule has 108 valence electrons. The SMILES string of the molecule is COc1ccc2c(c1)Oc1cc(O)ccc1[C@H](C=O)[C@@H]2O. The van der Waals surface area contributed by atoms with Crippen LogP contribution in [0.15, 0.2) is 36.4 Å². The van der Waals surface area contributed by atoms with Gasteiger partial charge in [0.2, 0.25) is 0 Å². The Morgan fingerprint density at radius 2 is 1.86 bits per heavy atom. The molecular formula is C16H14O5. The summed E-state index contributed by atoms with van der Waals surface area (Å²) in [5, 5.41) is 20.1. The molecule has 0 unspecified atom stereocenters. The molecule has 3 rings (SSSR count). The van der Waals surface area contributed by atoms with Gasteiger partial charge in [-0.15, -0.1) is 0 Å². The number of carbonyl (C=O) groups excluding carboxylic acids is 1. The third-order valence-corrected chi connectivity index (χ3v) is 3.60. The fourth-order valence-corrected chi connectivity index (χ4v) is 2.49. The van der Waals surface area contributed by atoms with Crippen molar-refractivity contribution >= 4 is 6.29 Å². The molecule has 5 heteroatoms. The molecule has 0 radical (unpaired) electrons. The number of aliphatic hydroxyl groups is 1. The van der Waals surface area contributed by atoms with E-state index in [4.69, 9.17) is 9.47 Å². The van der Waals surface area contributed by atoms with Crippen LogP contribution in [0.4, 0.5) is 0 Å². The number of carbonyl (C=O) groups is 1. The maximum atomic E-state index is 11.4. The van der Waals surface area contributed by atoms with Gasteiger partial charge in [-0.05, 0) is 18.2 Å². The fourth-order valence-electron chi connectivity index (χ4n) is 2.49. The zero-order chi connectivity index (χ0) is 15.0. The molecule has 0 aromatic heterocycles. The molecule has 0 saturated heterocycles. The minimum absolute atomic E-state index is 0.0271. The van der Waals surface area contributed by atoms with Crippen LogP contribution in [0.25, 0.3) is 0 Å². The Labute approximate surface area is 121 Å². The molecule has 1 aliphatic rings. The van der Waals surface area contributed by atoms with E-state index >= 15 is 0 Å². The van der Waals surface area contributed by atoms with E-state index in [2.05, 4.69) is 0 Å². The number of methoxy groups -OCH3 is 1. The van der Waals surface area contributed by atoms with Crippen molar-refractivity contribution < 1.29 is 24.5 Å². The van der Waals surface area contributed by atoms with Crippen LogP contribution in [0, 0.1) is 0 Å². The van der Waals surface area contributed by atoms with Gasteiger partial charge in [-0.25, -0.2) is 0 Å². The summed E-state index contributed by atoms with van der Waals surface area (Å²) in [7, 11) is 1.53. The summed E-state index contributed by atoms with van der Waals surface area (Å²) < 4.78 is 10.9. The number of hydrogen-bond donors (Lipinski definition) is 2. The highest BCUT2D eigenvalue weighted by atomic mass is 16.5. The Hall–Kier alpha value is -2.53. The third kappa shape index (κ3) is 2.21. The van der Waals surface area contributed by atoms with Crippen molar-refractivity contribution in [2.45, 2.75) is 12.0 Å². The molecule has 21 heavy (non-hydrogen) atoms. The van der Waals surface area contributed by atoms with Gasteiger partial charge >= 0.3 is 0 Å². The zero-order valence-corrected chi connectivity index (χ0v) is 11.3. The van der Waals surface area contributed by atoms with Crippen molar-refractivity contribution in [1.29, 1.82) is 0 Å². The lowest BCUT2D eigenvalue weighted by atomic mass is 9.90. The van der Waals surface area contributed by atoms with E-state index in [0.717, 1.165) is 0 Å². The Bertz CT molecular complexity index is 695. The summed E-state index contributed by atoms with van der Waals surface area (Å²) in [6.45, 7) is 0. The Kier molecular flexibility index (Phi) is 3.27. The fraction of sp³-hybridized carbons (Fsp3) is 0.188. The van der Waals surface area contributed by atoms with E-state index in [1.165, 1.54) is 19.2 Å². The number of aromatic hydroxyl groups is 1. The van der Waals surface area contributed by atoms with Crippen molar-refractivity contribution in [3.8, 4) is 23.0 Å². The number of rotatable bonds is 2. The van der Waals surface area contributed by atoms with Crippen molar-refractivity contribution in [3.63, 3.8) is 0 Å². The predicted octanol–water partition coefficient (Wildman–Crippen LogP) is 2.52. The molecule has 5 nitrogen and oxygen atoms in total. The molecule has 0 spiro atoms. The lowest BCUT2D eigenvalue weighted by Gasteiger charge is -2.16. The molecule has 0 amide bonds. The van der Waals surface area contributed by atoms with Crippen LogP contribution < -0.4 is 9.47 Å². The van der Waals surface area contributed by atoms with E-state index < -0.39 is 12.0 Å². The van der Waals surface area contributed by atoms with Crippen molar-refractivity contribution in [1.82, 2.24) is 0 Å². The van der Waals surface area contributed by atoms with E-state index in [1.54, 1.807) is 24.3 Å². The van der Waals surface area contributed by atoms with E-state index in [9.17, 15) is 15.0 Å². The van der Waals surface area contributed by atoms with Gasteiger partial charge in [0.15, 0.2) is 0 Å². The molecule has 0 saturated carbocycles. The number of aldehydes is 1. The second-order valence-electron chi connectivity index (χ2n) is 4.83. The van der Waals surface area contributed by atoms with Crippen molar-refractivity contribution in [2.24, 2.45) is 0 Å². The molecular weight excluding hydrogens is 272 g/mol. The van der Waals surface area contributed by atoms with Crippen LogP contribution in [-0.4, -0.2) is 23.6 Å². The number of hydrogen-bond acceptors (Lipinski definition) is 5. The first-order valence-electron chi connectivity index (χ1n) is 6.46. The predicted molar refractivity (Wildman–Crippen MR) is 74.9 cm³/mol. The van der Waals surface area contributed by atoms with E-state index in [1.807, 2.05) is 0 Å². The third-order valence-electron chi connectivity index (χ3n) is 3.60. The van der Waals surface area contributed by atoms with Gasteiger partial charge < -0.3 is 24.5 Å². The first-order chi connectivity index (χ1) is 10.1. The summed E-state index contributed by atoms with van der Waals surface area (Å²) in [6.07, 6.45) is -0.335. The molecule has 1 aliphatic heterocycles. The topological polar surface area (TPSA) is 76.0 Å². The largest absolute Gasteiger partial charge is 0.508 e. The zero-order valence-electron chi connectivity index (χ0n) is 11.3. The van der Waals surface area contributed by atoms with E-state index in [0.29, 0.717) is 34.7 Å². The number of phenols is 1. The van der Waals surface area contributed by atoms with Gasteiger partial charge in [0.25, 0.3) is 0 Å². The highest BCUT2D eigenvalue weighted by Crippen LogP contribution is 2.46. The molecule has 2 aromatic carbocycles. The lowest BCUT2D eigenvalue weighted by molar-refractivity contribution is -0.111. The normalized spacial score (nSPS) is 19.7. The number of aliphatic hydroxyl groups excluding tert-OH is 1. The van der Waals surface area contributed by atoms with E-state index in [-0.39, 0.29) is 5.75 Å². The highest BCUT2D eigenvalue weighted by Gasteiger charge is 2.31. The number of ether oxygens (including phenoxy) is 2. The smallest absolute Gasteiger partial charge is 0.136 e. The van der Waals surface area contributed by atoms with Crippen LogP contribution in [0.3, 0.4) is 0 Å². The second kappa shape index (κ2) is 5.10. The van der Waals surface area contributed by atoms with Gasteiger partial charge in [-0.2, -0.15) is 0 Å². The van der Waals surface area contributed by atoms with Crippen molar-refractivity contribution in [2.75, 3.05) is 7.11 Å². The standard InChI is InChI=1S/C16H14O5/c1-20-10-3-5-12-15(7-10)21-14-6-9(18)2-4-11(14)13(8-17)16(12)19/h2-8,13,16,18-19H,1H3/t13-,16+/m0/s1. The Balaban J connectivity index is 2.20. The molecule has 2 N–H and O–H groups in total. The van der Waals surface area contributed by atoms with Gasteiger partial charge in [0.1, 0.15) is 29.3 Å². The summed E-state index contributed by atoms with van der Waals surface area (Å²) in [5.41, 5.74) is 1.04. The lowest BCUT2D eigenvalue weighted by Crippen LogP contribution is -2.11. The first-order valence-corrected chi connectivity index (χ1v) is 6.46. The molecule has 0 bridgehead atoms. The van der Waals surface area contributed by atoms with Crippen LogP contribution in [-0.2, 0) is 4.79 Å². The monoisotopic (exact) mass is 286 g/mol. The highest BCUT2D eigenvalue weighted by molar-refractivity contribution is 5.69. The molecule has 2 atom stereocenters. The van der Waals surface area contributed by atoms with Crippen LogP contribution >= 0.6 is 0 Å². The molecule has 0 fully saturated rings. The van der Waals surface area contributed by atoms with Gasteiger partial charge in [0, 0.05) is 23.3 Å². The molecule has 1 heterocycles. The second-order valence-corrected chi connectivity index (χ2v) is 4.83. The summed E-state index contributed by atoms with van der Waals surface area (Å²) in [4.78, 5) is 11.4. The summed E-state index contributed by atoms with van der Waals surface area (Å²) in [5.74, 6) is 0.595. The van der Waals surface area contributed by atoms with Crippen LogP contribution in [0.2, 0.25) is 0 Å². The maximum absolute atomic E-state index is 11.4. The molecule has 0 aliphatic carbocycles. The van der Waals surface area contributed by atoms with Crippen molar-refractivity contribution in [3.05, 3.63) is 47.5 Å². The van der Waals surface area contributed by atoms with Gasteiger partial charge in [-0.3, -0.25) is 0 Å². The quantitative estimate of drug-likeness (QED) is 0.830. The number of benzene rings is 2. The maximum Gasteiger partial charge on any atom is 0.136 e. The molecule has 2 aromatic rings. The average molecular weight is 286 g/mol. The minimum Gasteiger partial charge on any atom is -0.508 e. The average Bonchev–Trinajstić information content (AvgIpc) is 2.60. The van der Waals surface area contributed by atoms with Gasteiger partial charge in [0.05, 0.1) is 19.1 Å². The van der Waals surface area contributed by atoms with Gasteiger partial charge in [-0.1, -0.05) is 6.07 Å². The summed E-state index contributed by atoms with van der Waals surface area (Å²) >= 11 is 0. The Morgan fingerprint density at radius 1 is 1.14 bits per heavy atom. The number of fused-ring (bicyclic) bond motifs is 2. The number of phenolic OH excluding ortho intramolecular Hbond substituents is 1. The summed E-state index contributed by atoms with van der Waals surface area (Å²) in [6, 6.07) is 9.46. The van der Waals surface area contributed by atoms with Crippen LogP contribution in [0.5, 0.6) is 23.0 Å². The minimum atomic E-state index is -1.02.